The van der Waals surface area contributed by atoms with Crippen LogP contribution in [0.5, 0.6) is 0 Å². The molecule has 0 aliphatic heterocycles. The Bertz CT molecular complexity index is 285. The highest BCUT2D eigenvalue weighted by Gasteiger charge is 2.01. The van der Waals surface area contributed by atoms with Gasteiger partial charge in [-0.2, -0.15) is 5.10 Å². The van der Waals surface area contributed by atoms with Crippen molar-refractivity contribution in [2.75, 3.05) is 20.0 Å². The number of hydrogen-bond acceptors (Lipinski definition) is 3. The topological polar surface area (TPSA) is 44.1 Å². The molecule has 1 aromatic rings. The van der Waals surface area contributed by atoms with E-state index in [0.717, 1.165) is 19.6 Å². The van der Waals surface area contributed by atoms with Crippen molar-refractivity contribution in [2.24, 2.45) is 0 Å². The van der Waals surface area contributed by atoms with E-state index in [-0.39, 0.29) is 0 Å². The first-order valence-electron chi connectivity index (χ1n) is 4.10. The van der Waals surface area contributed by atoms with E-state index >= 15 is 0 Å². The van der Waals surface area contributed by atoms with Crippen molar-refractivity contribution in [3.63, 3.8) is 0 Å². The monoisotopic (exact) mass is 202 g/mol. The Balaban J connectivity index is 2.44. The van der Waals surface area contributed by atoms with Crippen LogP contribution < -0.4 is 0 Å². The summed E-state index contributed by atoms with van der Waals surface area (Å²) in [5, 5.41) is 4.78. The predicted molar refractivity (Wildman–Crippen MR) is 51.1 cm³/mol. The maximum Gasteiger partial charge on any atom is 0.148 e. The fraction of sp³-hybridized carbons (Fsp3) is 0.625. The van der Waals surface area contributed by atoms with Gasteiger partial charge in [0.1, 0.15) is 5.03 Å². The summed E-state index contributed by atoms with van der Waals surface area (Å²) in [6, 6.07) is 1.78. The first-order valence-corrected chi connectivity index (χ1v) is 5.65. The van der Waals surface area contributed by atoms with Gasteiger partial charge in [-0.3, -0.25) is 8.89 Å². The summed E-state index contributed by atoms with van der Waals surface area (Å²) in [4.78, 5) is 0. The predicted octanol–water partition coefficient (Wildman–Crippen LogP) is 0.657. The molecule has 0 N–H and O–H groups in total. The average Bonchev–Trinajstić information content (AvgIpc) is 2.53. The Morgan fingerprint density at radius 1 is 1.69 bits per heavy atom. The fourth-order valence-electron chi connectivity index (χ4n) is 0.992. The summed E-state index contributed by atoms with van der Waals surface area (Å²) in [6.45, 7) is 1.54. The molecule has 0 saturated carbocycles. The summed E-state index contributed by atoms with van der Waals surface area (Å²) in [5.41, 5.74) is 0. The highest BCUT2D eigenvalue weighted by atomic mass is 32.2. The molecule has 4 nitrogen and oxygen atoms in total. The molecule has 0 aliphatic rings. The highest BCUT2D eigenvalue weighted by Crippen LogP contribution is 2.00. The van der Waals surface area contributed by atoms with Gasteiger partial charge >= 0.3 is 0 Å². The molecule has 0 fully saturated rings. The first kappa shape index (κ1) is 10.4. The van der Waals surface area contributed by atoms with Crippen LogP contribution in [-0.4, -0.2) is 34.0 Å². The molecule has 0 amide bonds. The lowest BCUT2D eigenvalue weighted by Gasteiger charge is -1.99. The molecule has 1 rings (SSSR count). The standard InChI is InChI=1S/C8H14N2O2S/c1-12-7-3-5-10-6-4-8(9-10)13(2)11/h4,6H,3,5,7H2,1-2H3. The molecule has 1 unspecified atom stereocenters. The summed E-state index contributed by atoms with van der Waals surface area (Å²) < 4.78 is 17.7. The van der Waals surface area contributed by atoms with E-state index in [1.54, 1.807) is 24.1 Å². The zero-order valence-electron chi connectivity index (χ0n) is 7.90. The molecule has 5 heteroatoms. The van der Waals surface area contributed by atoms with Gasteiger partial charge in [-0.1, -0.05) is 0 Å². The number of nitrogens with zero attached hydrogens (tertiary/aromatic N) is 2. The van der Waals surface area contributed by atoms with Crippen molar-refractivity contribution in [3.05, 3.63) is 12.3 Å². The Hall–Kier alpha value is -0.680. The molecule has 0 aromatic carbocycles. The van der Waals surface area contributed by atoms with Gasteiger partial charge in [0.2, 0.25) is 0 Å². The maximum atomic E-state index is 11.0. The minimum atomic E-state index is -0.979. The molecule has 0 saturated heterocycles. The summed E-state index contributed by atoms with van der Waals surface area (Å²) in [5.74, 6) is 0. The number of ether oxygens (including phenoxy) is 1. The number of hydrogen-bond donors (Lipinski definition) is 0. The van der Waals surface area contributed by atoms with E-state index in [9.17, 15) is 4.21 Å². The minimum Gasteiger partial charge on any atom is -0.385 e. The second-order valence-corrected chi connectivity index (χ2v) is 4.04. The lowest BCUT2D eigenvalue weighted by atomic mass is 10.4. The quantitative estimate of drug-likeness (QED) is 0.659. The molecule has 1 heterocycles. The van der Waals surface area contributed by atoms with Crippen molar-refractivity contribution < 1.29 is 8.95 Å². The van der Waals surface area contributed by atoms with Crippen LogP contribution in [0.1, 0.15) is 6.42 Å². The highest BCUT2D eigenvalue weighted by molar-refractivity contribution is 7.84. The SMILES string of the molecule is COCCCn1ccc(S(C)=O)n1. The van der Waals surface area contributed by atoms with Gasteiger partial charge in [-0.25, -0.2) is 0 Å². The molecular weight excluding hydrogens is 188 g/mol. The minimum absolute atomic E-state index is 0.636. The van der Waals surface area contributed by atoms with Gasteiger partial charge in [-0.05, 0) is 12.5 Å². The van der Waals surface area contributed by atoms with Gasteiger partial charge in [0, 0.05) is 32.7 Å². The Labute approximate surface area is 80.4 Å². The van der Waals surface area contributed by atoms with Crippen LogP contribution in [-0.2, 0) is 22.1 Å². The van der Waals surface area contributed by atoms with Crippen LogP contribution in [0.25, 0.3) is 0 Å². The van der Waals surface area contributed by atoms with Gasteiger partial charge in [-0.15, -0.1) is 0 Å². The molecule has 0 aliphatic carbocycles. The van der Waals surface area contributed by atoms with E-state index < -0.39 is 10.8 Å². The molecular formula is C8H14N2O2S. The molecule has 0 radical (unpaired) electrons. The van der Waals surface area contributed by atoms with Gasteiger partial charge in [0.05, 0.1) is 10.8 Å². The number of aromatic nitrogens is 2. The third-order valence-corrected chi connectivity index (χ3v) is 2.45. The summed E-state index contributed by atoms with van der Waals surface area (Å²) >= 11 is 0. The average molecular weight is 202 g/mol. The molecule has 0 spiro atoms. The van der Waals surface area contributed by atoms with Crippen LogP contribution >= 0.6 is 0 Å². The normalized spacial score (nSPS) is 13.1. The lowest BCUT2D eigenvalue weighted by molar-refractivity contribution is 0.189. The van der Waals surface area contributed by atoms with E-state index in [1.807, 2.05) is 6.20 Å². The largest absolute Gasteiger partial charge is 0.385 e. The van der Waals surface area contributed by atoms with E-state index in [2.05, 4.69) is 5.10 Å². The summed E-state index contributed by atoms with van der Waals surface area (Å²) in [6.07, 6.45) is 4.39. The summed E-state index contributed by atoms with van der Waals surface area (Å²) in [7, 11) is 0.698. The lowest BCUT2D eigenvalue weighted by Crippen LogP contribution is -2.02. The molecule has 1 aromatic heterocycles. The van der Waals surface area contributed by atoms with Crippen molar-refractivity contribution in [1.82, 2.24) is 9.78 Å². The first-order chi connectivity index (χ1) is 6.24. The van der Waals surface area contributed by atoms with Gasteiger partial charge in [0.25, 0.3) is 0 Å². The van der Waals surface area contributed by atoms with Crippen LogP contribution in [0.2, 0.25) is 0 Å². The van der Waals surface area contributed by atoms with E-state index in [1.165, 1.54) is 0 Å². The van der Waals surface area contributed by atoms with Crippen molar-refractivity contribution in [3.8, 4) is 0 Å². The molecule has 74 valence electrons. The fourth-order valence-corrected chi connectivity index (χ4v) is 1.46. The molecule has 0 bridgehead atoms. The van der Waals surface area contributed by atoms with Crippen LogP contribution in [0.15, 0.2) is 17.3 Å². The number of methoxy groups -OCH3 is 1. The van der Waals surface area contributed by atoms with E-state index in [4.69, 9.17) is 4.74 Å². The maximum absolute atomic E-state index is 11.0. The van der Waals surface area contributed by atoms with Gasteiger partial charge in [0.15, 0.2) is 0 Å². The second-order valence-electron chi connectivity index (χ2n) is 2.72. The third kappa shape index (κ3) is 3.28. The third-order valence-electron chi connectivity index (χ3n) is 1.65. The van der Waals surface area contributed by atoms with Crippen LogP contribution in [0, 0.1) is 0 Å². The Morgan fingerprint density at radius 3 is 3.00 bits per heavy atom. The van der Waals surface area contributed by atoms with Crippen LogP contribution in [0.3, 0.4) is 0 Å². The van der Waals surface area contributed by atoms with Gasteiger partial charge < -0.3 is 4.74 Å². The smallest absolute Gasteiger partial charge is 0.148 e. The van der Waals surface area contributed by atoms with Crippen molar-refractivity contribution in [1.29, 1.82) is 0 Å². The van der Waals surface area contributed by atoms with Crippen molar-refractivity contribution in [2.45, 2.75) is 18.0 Å². The number of rotatable bonds is 5. The zero-order chi connectivity index (χ0) is 9.68. The second kappa shape index (κ2) is 5.14. The van der Waals surface area contributed by atoms with E-state index in [0.29, 0.717) is 5.03 Å². The Kier molecular flexibility index (Phi) is 4.11. The zero-order valence-corrected chi connectivity index (χ0v) is 8.71. The molecule has 1 atom stereocenters. The number of aryl methyl sites for hydroxylation is 1. The van der Waals surface area contributed by atoms with Crippen LogP contribution in [0.4, 0.5) is 0 Å². The Morgan fingerprint density at radius 2 is 2.46 bits per heavy atom. The molecule has 13 heavy (non-hydrogen) atoms. The van der Waals surface area contributed by atoms with Crippen molar-refractivity contribution >= 4 is 10.8 Å².